The van der Waals surface area contributed by atoms with Crippen LogP contribution >= 0.6 is 23.4 Å². The van der Waals surface area contributed by atoms with Gasteiger partial charge in [-0.1, -0.05) is 25.4 Å². The molecule has 0 aliphatic carbocycles. The van der Waals surface area contributed by atoms with Crippen molar-refractivity contribution >= 4 is 29.1 Å². The highest BCUT2D eigenvalue weighted by molar-refractivity contribution is 7.99. The van der Waals surface area contributed by atoms with Crippen LogP contribution in [-0.2, 0) is 0 Å². The van der Waals surface area contributed by atoms with Crippen molar-refractivity contribution in [1.82, 2.24) is 0 Å². The first kappa shape index (κ1) is 15.4. The van der Waals surface area contributed by atoms with E-state index in [2.05, 4.69) is 6.92 Å². The first-order valence-corrected chi connectivity index (χ1v) is 7.75. The summed E-state index contributed by atoms with van der Waals surface area (Å²) in [4.78, 5) is 11.9. The number of hydrogen-bond donors (Lipinski definition) is 0. The molecule has 1 rings (SSSR count). The zero-order valence-electron chi connectivity index (χ0n) is 10.9. The monoisotopic (exact) mass is 286 g/mol. The lowest BCUT2D eigenvalue weighted by molar-refractivity contribution is 0.102. The molecule has 1 aromatic carbocycles. The van der Waals surface area contributed by atoms with Crippen LogP contribution in [0.2, 0.25) is 5.02 Å². The fraction of sp³-hybridized carbons (Fsp3) is 0.500. The molecule has 0 unspecified atom stereocenters. The van der Waals surface area contributed by atoms with E-state index in [0.29, 0.717) is 28.7 Å². The van der Waals surface area contributed by atoms with Gasteiger partial charge in [0.05, 0.1) is 17.4 Å². The molecule has 0 saturated heterocycles. The molecule has 0 fully saturated rings. The van der Waals surface area contributed by atoms with Gasteiger partial charge >= 0.3 is 0 Å². The fourth-order valence-electron chi connectivity index (χ4n) is 1.40. The normalized spacial score (nSPS) is 10.4. The summed E-state index contributed by atoms with van der Waals surface area (Å²) in [7, 11) is 0. The molecule has 18 heavy (non-hydrogen) atoms. The Morgan fingerprint density at radius 3 is 2.72 bits per heavy atom. The van der Waals surface area contributed by atoms with Crippen molar-refractivity contribution in [2.45, 2.75) is 26.7 Å². The third kappa shape index (κ3) is 4.91. The van der Waals surface area contributed by atoms with Gasteiger partial charge in [0.2, 0.25) is 0 Å². The van der Waals surface area contributed by atoms with Crippen LogP contribution in [0.3, 0.4) is 0 Å². The second-order valence-corrected chi connectivity index (χ2v) is 5.48. The number of benzene rings is 1. The van der Waals surface area contributed by atoms with Crippen LogP contribution in [0.1, 0.15) is 37.0 Å². The highest BCUT2D eigenvalue weighted by atomic mass is 35.5. The fourth-order valence-corrected chi connectivity index (χ4v) is 2.42. The van der Waals surface area contributed by atoms with Crippen LogP contribution < -0.4 is 4.74 Å². The topological polar surface area (TPSA) is 26.3 Å². The molecular formula is C14H19ClO2S. The molecule has 0 heterocycles. The maximum Gasteiger partial charge on any atom is 0.172 e. The Morgan fingerprint density at radius 1 is 1.33 bits per heavy atom. The molecule has 0 aliphatic heterocycles. The van der Waals surface area contributed by atoms with Crippen molar-refractivity contribution in [3.63, 3.8) is 0 Å². The van der Waals surface area contributed by atoms with E-state index in [1.165, 1.54) is 0 Å². The smallest absolute Gasteiger partial charge is 0.172 e. The summed E-state index contributed by atoms with van der Waals surface area (Å²) in [5.41, 5.74) is 0.660. The largest absolute Gasteiger partial charge is 0.492 e. The summed E-state index contributed by atoms with van der Waals surface area (Å²) < 4.78 is 5.47. The van der Waals surface area contributed by atoms with Gasteiger partial charge in [0.25, 0.3) is 0 Å². The molecule has 100 valence electrons. The van der Waals surface area contributed by atoms with Gasteiger partial charge in [0.15, 0.2) is 5.78 Å². The highest BCUT2D eigenvalue weighted by Crippen LogP contribution is 2.26. The van der Waals surface area contributed by atoms with Crippen molar-refractivity contribution in [1.29, 1.82) is 0 Å². The summed E-state index contributed by atoms with van der Waals surface area (Å²) in [6, 6.07) is 5.25. The van der Waals surface area contributed by atoms with Gasteiger partial charge in [0, 0.05) is 5.56 Å². The molecule has 0 radical (unpaired) electrons. The van der Waals surface area contributed by atoms with Crippen molar-refractivity contribution < 1.29 is 9.53 Å². The van der Waals surface area contributed by atoms with Crippen LogP contribution in [0.5, 0.6) is 5.75 Å². The van der Waals surface area contributed by atoms with E-state index < -0.39 is 0 Å². The zero-order valence-corrected chi connectivity index (χ0v) is 12.4. The lowest BCUT2D eigenvalue weighted by Crippen LogP contribution is -2.03. The van der Waals surface area contributed by atoms with E-state index in [4.69, 9.17) is 16.3 Å². The molecule has 1 aromatic rings. The number of rotatable bonds is 8. The van der Waals surface area contributed by atoms with E-state index in [1.807, 2.05) is 6.92 Å². The minimum absolute atomic E-state index is 0.123. The Morgan fingerprint density at radius 2 is 2.11 bits per heavy atom. The number of thioether (sulfide) groups is 1. The Bertz CT molecular complexity index is 393. The lowest BCUT2D eigenvalue weighted by Gasteiger charge is -2.08. The minimum atomic E-state index is 0.123. The first-order chi connectivity index (χ1) is 8.69. The van der Waals surface area contributed by atoms with Gasteiger partial charge in [-0.2, -0.15) is 11.8 Å². The van der Waals surface area contributed by atoms with Crippen molar-refractivity contribution in [2.75, 3.05) is 18.1 Å². The quantitative estimate of drug-likeness (QED) is 0.521. The Hall–Kier alpha value is -0.670. The lowest BCUT2D eigenvalue weighted by atomic mass is 10.1. The van der Waals surface area contributed by atoms with Crippen LogP contribution in [0.25, 0.3) is 0 Å². The number of Topliss-reactive ketones (excluding diaryl/α,β-unsaturated/α-hetero) is 1. The predicted octanol–water partition coefficient (Wildman–Crippen LogP) is 4.45. The SMILES string of the molecule is CCCOc1ccc(C(=O)CSCCC)cc1Cl. The zero-order chi connectivity index (χ0) is 13.4. The molecule has 0 amide bonds. The maximum absolute atomic E-state index is 11.9. The second-order valence-electron chi connectivity index (χ2n) is 3.97. The number of carbonyl (C=O) groups excluding carboxylic acids is 1. The summed E-state index contributed by atoms with van der Waals surface area (Å²) in [6.45, 7) is 4.78. The molecule has 0 spiro atoms. The van der Waals surface area contributed by atoms with Crippen molar-refractivity contribution in [3.8, 4) is 5.75 Å². The molecule has 0 aromatic heterocycles. The minimum Gasteiger partial charge on any atom is -0.492 e. The van der Waals surface area contributed by atoms with Gasteiger partial charge in [-0.05, 0) is 36.8 Å². The summed E-state index contributed by atoms with van der Waals surface area (Å²) in [5.74, 6) is 2.30. The number of halogens is 1. The van der Waals surface area contributed by atoms with Gasteiger partial charge < -0.3 is 4.74 Å². The Balaban J connectivity index is 2.62. The molecule has 0 saturated carbocycles. The summed E-state index contributed by atoms with van der Waals surface area (Å²) >= 11 is 7.74. The number of carbonyl (C=O) groups is 1. The van der Waals surface area contributed by atoms with E-state index in [0.717, 1.165) is 18.6 Å². The molecule has 0 aliphatic rings. The molecule has 0 bridgehead atoms. The van der Waals surface area contributed by atoms with Gasteiger partial charge in [0.1, 0.15) is 5.75 Å². The summed E-state index contributed by atoms with van der Waals surface area (Å²) in [6.07, 6.45) is 2.02. The van der Waals surface area contributed by atoms with Gasteiger partial charge in [-0.3, -0.25) is 4.79 Å². The Kier molecular flexibility index (Phi) is 7.21. The number of hydrogen-bond acceptors (Lipinski definition) is 3. The van der Waals surface area contributed by atoms with E-state index in [9.17, 15) is 4.79 Å². The van der Waals surface area contributed by atoms with Gasteiger partial charge in [-0.25, -0.2) is 0 Å². The molecular weight excluding hydrogens is 268 g/mol. The summed E-state index contributed by atoms with van der Waals surface area (Å²) in [5, 5.41) is 0.509. The molecule has 0 atom stereocenters. The first-order valence-electron chi connectivity index (χ1n) is 6.22. The predicted molar refractivity (Wildman–Crippen MR) is 79.2 cm³/mol. The van der Waals surface area contributed by atoms with Crippen LogP contribution in [0.15, 0.2) is 18.2 Å². The third-order valence-corrected chi connectivity index (χ3v) is 3.76. The van der Waals surface area contributed by atoms with Crippen LogP contribution in [0, 0.1) is 0 Å². The van der Waals surface area contributed by atoms with Gasteiger partial charge in [-0.15, -0.1) is 0 Å². The van der Waals surface area contributed by atoms with E-state index in [-0.39, 0.29) is 5.78 Å². The standard InChI is InChI=1S/C14H19ClO2S/c1-3-7-17-14-6-5-11(9-12(14)15)13(16)10-18-8-4-2/h5-6,9H,3-4,7-8,10H2,1-2H3. The molecule has 4 heteroatoms. The highest BCUT2D eigenvalue weighted by Gasteiger charge is 2.09. The second kappa shape index (κ2) is 8.44. The average Bonchev–Trinajstić information content (AvgIpc) is 2.37. The molecule has 0 N–H and O–H groups in total. The number of ether oxygens (including phenoxy) is 1. The number of ketones is 1. The van der Waals surface area contributed by atoms with Crippen molar-refractivity contribution in [3.05, 3.63) is 28.8 Å². The third-order valence-electron chi connectivity index (χ3n) is 2.30. The van der Waals surface area contributed by atoms with Crippen molar-refractivity contribution in [2.24, 2.45) is 0 Å². The maximum atomic E-state index is 11.9. The Labute approximate surface area is 118 Å². The van der Waals surface area contributed by atoms with E-state index >= 15 is 0 Å². The average molecular weight is 287 g/mol. The van der Waals surface area contributed by atoms with Crippen LogP contribution in [-0.4, -0.2) is 23.9 Å². The molecule has 2 nitrogen and oxygen atoms in total. The van der Waals surface area contributed by atoms with Crippen LogP contribution in [0.4, 0.5) is 0 Å². The van der Waals surface area contributed by atoms with E-state index in [1.54, 1.807) is 30.0 Å².